The van der Waals surface area contributed by atoms with E-state index in [9.17, 15) is 0 Å². The highest BCUT2D eigenvalue weighted by atomic mass is 79.9. The van der Waals surface area contributed by atoms with Crippen LogP contribution < -0.4 is 10.1 Å². The van der Waals surface area contributed by atoms with E-state index in [0.29, 0.717) is 16.8 Å². The first-order valence-electron chi connectivity index (χ1n) is 6.51. The molecule has 0 spiro atoms. The van der Waals surface area contributed by atoms with Crippen LogP contribution in [0.1, 0.15) is 18.4 Å². The Kier molecular flexibility index (Phi) is 4.24. The number of pyridine rings is 1. The van der Waals surface area contributed by atoms with E-state index in [4.69, 9.17) is 16.3 Å². The van der Waals surface area contributed by atoms with E-state index in [1.807, 2.05) is 12.1 Å². The Morgan fingerprint density at radius 1 is 1.30 bits per heavy atom. The number of hydrogen-bond donors (Lipinski definition) is 1. The lowest BCUT2D eigenvalue weighted by Gasteiger charge is -2.12. The van der Waals surface area contributed by atoms with Gasteiger partial charge < -0.3 is 10.1 Å². The third kappa shape index (κ3) is 3.72. The van der Waals surface area contributed by atoms with Gasteiger partial charge in [0.15, 0.2) is 0 Å². The number of halogens is 2. The van der Waals surface area contributed by atoms with Crippen LogP contribution in [0.4, 0.5) is 0 Å². The van der Waals surface area contributed by atoms with Crippen LogP contribution in [0.2, 0.25) is 5.02 Å². The van der Waals surface area contributed by atoms with Gasteiger partial charge in [-0.2, -0.15) is 0 Å². The van der Waals surface area contributed by atoms with Crippen molar-refractivity contribution in [3.8, 4) is 11.5 Å². The quantitative estimate of drug-likeness (QED) is 0.857. The molecular weight excluding hydrogens is 340 g/mol. The Balaban J connectivity index is 1.80. The molecule has 1 aromatic heterocycles. The normalized spacial score (nSPS) is 14.3. The molecule has 0 aliphatic heterocycles. The minimum atomic E-state index is 0.565. The number of rotatable bonds is 5. The molecule has 0 unspecified atom stereocenters. The van der Waals surface area contributed by atoms with Gasteiger partial charge in [0.25, 0.3) is 0 Å². The molecule has 1 fully saturated rings. The third-order valence-electron chi connectivity index (χ3n) is 3.10. The Hall–Kier alpha value is -1.10. The van der Waals surface area contributed by atoms with E-state index in [1.165, 1.54) is 12.8 Å². The van der Waals surface area contributed by atoms with Crippen LogP contribution in [0, 0.1) is 0 Å². The van der Waals surface area contributed by atoms with Crippen molar-refractivity contribution in [3.05, 3.63) is 51.7 Å². The van der Waals surface area contributed by atoms with Crippen LogP contribution in [0.25, 0.3) is 0 Å². The lowest BCUT2D eigenvalue weighted by molar-refractivity contribution is 0.470. The summed E-state index contributed by atoms with van der Waals surface area (Å²) in [7, 11) is 0. The Labute approximate surface area is 131 Å². The van der Waals surface area contributed by atoms with Crippen LogP contribution in [-0.4, -0.2) is 11.0 Å². The molecule has 5 heteroatoms. The van der Waals surface area contributed by atoms with Crippen molar-refractivity contribution in [2.24, 2.45) is 0 Å². The van der Waals surface area contributed by atoms with Crippen LogP contribution in [0.3, 0.4) is 0 Å². The number of nitrogens with one attached hydrogen (secondary N) is 1. The van der Waals surface area contributed by atoms with Gasteiger partial charge in [-0.3, -0.25) is 4.98 Å². The molecule has 2 aromatic rings. The molecule has 1 N–H and O–H groups in total. The Morgan fingerprint density at radius 2 is 2.15 bits per heavy atom. The average molecular weight is 354 g/mol. The Bertz CT molecular complexity index is 617. The fraction of sp³-hybridized carbons (Fsp3) is 0.267. The van der Waals surface area contributed by atoms with Crippen molar-refractivity contribution in [2.45, 2.75) is 25.4 Å². The first-order chi connectivity index (χ1) is 9.70. The molecule has 0 bridgehead atoms. The summed E-state index contributed by atoms with van der Waals surface area (Å²) in [5.41, 5.74) is 1.13. The fourth-order valence-electron chi connectivity index (χ4n) is 1.89. The summed E-state index contributed by atoms with van der Waals surface area (Å²) in [6.07, 6.45) is 5.78. The SMILES string of the molecule is Clc1cncc(Oc2cc(Br)ccc2CNC2CC2)c1. The number of nitrogens with zero attached hydrogens (tertiary/aromatic N) is 1. The summed E-state index contributed by atoms with van der Waals surface area (Å²) in [4.78, 5) is 4.03. The van der Waals surface area contributed by atoms with Gasteiger partial charge in [-0.25, -0.2) is 0 Å². The summed E-state index contributed by atoms with van der Waals surface area (Å²) in [6, 6.07) is 8.47. The van der Waals surface area contributed by atoms with Gasteiger partial charge in [0.2, 0.25) is 0 Å². The largest absolute Gasteiger partial charge is 0.455 e. The fourth-order valence-corrected chi connectivity index (χ4v) is 2.39. The molecule has 0 atom stereocenters. The standard InChI is InChI=1S/C15H14BrClN2O/c16-11-2-1-10(7-19-13-3-4-13)15(5-11)20-14-6-12(17)8-18-9-14/h1-2,5-6,8-9,13,19H,3-4,7H2. The first kappa shape index (κ1) is 13.9. The smallest absolute Gasteiger partial charge is 0.147 e. The zero-order valence-corrected chi connectivity index (χ0v) is 13.1. The first-order valence-corrected chi connectivity index (χ1v) is 7.68. The van der Waals surface area contributed by atoms with E-state index in [-0.39, 0.29) is 0 Å². The van der Waals surface area contributed by atoms with Gasteiger partial charge in [0.1, 0.15) is 11.5 Å². The maximum absolute atomic E-state index is 5.93. The molecule has 0 saturated heterocycles. The van der Waals surface area contributed by atoms with Crippen LogP contribution in [0.15, 0.2) is 41.1 Å². The minimum Gasteiger partial charge on any atom is -0.455 e. The van der Waals surface area contributed by atoms with Gasteiger partial charge in [-0.05, 0) is 25.0 Å². The second-order valence-corrected chi connectivity index (χ2v) is 6.20. The number of benzene rings is 1. The molecule has 1 heterocycles. The molecule has 0 radical (unpaired) electrons. The summed E-state index contributed by atoms with van der Waals surface area (Å²) in [6.45, 7) is 0.807. The van der Waals surface area contributed by atoms with Crippen molar-refractivity contribution >= 4 is 27.5 Å². The summed E-state index contributed by atoms with van der Waals surface area (Å²) < 4.78 is 6.89. The second kappa shape index (κ2) is 6.12. The van der Waals surface area contributed by atoms with E-state index in [1.54, 1.807) is 18.5 Å². The van der Waals surface area contributed by atoms with Crippen molar-refractivity contribution in [3.63, 3.8) is 0 Å². The molecule has 1 saturated carbocycles. The molecule has 1 aliphatic carbocycles. The van der Waals surface area contributed by atoms with Crippen molar-refractivity contribution in [1.82, 2.24) is 10.3 Å². The van der Waals surface area contributed by atoms with E-state index in [2.05, 4.69) is 32.3 Å². The lowest BCUT2D eigenvalue weighted by atomic mass is 10.2. The molecular formula is C15H14BrClN2O. The summed E-state index contributed by atoms with van der Waals surface area (Å²) in [5, 5.41) is 4.06. The Morgan fingerprint density at radius 3 is 2.90 bits per heavy atom. The molecule has 1 aromatic carbocycles. The van der Waals surface area contributed by atoms with Crippen LogP contribution >= 0.6 is 27.5 Å². The summed E-state index contributed by atoms with van der Waals surface area (Å²) >= 11 is 9.40. The molecule has 3 nitrogen and oxygen atoms in total. The van der Waals surface area contributed by atoms with E-state index >= 15 is 0 Å². The predicted octanol–water partition coefficient (Wildman–Crippen LogP) is 4.54. The molecule has 3 rings (SSSR count). The van der Waals surface area contributed by atoms with E-state index < -0.39 is 0 Å². The molecule has 1 aliphatic rings. The summed E-state index contributed by atoms with van der Waals surface area (Å²) in [5.74, 6) is 1.46. The highest BCUT2D eigenvalue weighted by molar-refractivity contribution is 9.10. The van der Waals surface area contributed by atoms with Crippen LogP contribution in [0.5, 0.6) is 11.5 Å². The third-order valence-corrected chi connectivity index (χ3v) is 3.80. The zero-order valence-electron chi connectivity index (χ0n) is 10.8. The monoisotopic (exact) mass is 352 g/mol. The predicted molar refractivity (Wildman–Crippen MR) is 83.3 cm³/mol. The van der Waals surface area contributed by atoms with Gasteiger partial charge >= 0.3 is 0 Å². The minimum absolute atomic E-state index is 0.565. The number of aromatic nitrogens is 1. The van der Waals surface area contributed by atoms with Gasteiger partial charge in [0, 0.05) is 34.9 Å². The second-order valence-electron chi connectivity index (χ2n) is 4.85. The molecule has 20 heavy (non-hydrogen) atoms. The van der Waals surface area contributed by atoms with E-state index in [0.717, 1.165) is 22.3 Å². The number of hydrogen-bond acceptors (Lipinski definition) is 3. The molecule has 0 amide bonds. The lowest BCUT2D eigenvalue weighted by Crippen LogP contribution is -2.15. The van der Waals surface area contributed by atoms with Gasteiger partial charge in [0.05, 0.1) is 11.2 Å². The van der Waals surface area contributed by atoms with Crippen molar-refractivity contribution in [2.75, 3.05) is 0 Å². The van der Waals surface area contributed by atoms with Gasteiger partial charge in [-0.1, -0.05) is 33.6 Å². The highest BCUT2D eigenvalue weighted by Crippen LogP contribution is 2.30. The number of ether oxygens (including phenoxy) is 1. The highest BCUT2D eigenvalue weighted by Gasteiger charge is 2.20. The maximum Gasteiger partial charge on any atom is 0.147 e. The van der Waals surface area contributed by atoms with Crippen molar-refractivity contribution in [1.29, 1.82) is 0 Å². The molecule has 104 valence electrons. The zero-order chi connectivity index (χ0) is 13.9. The topological polar surface area (TPSA) is 34.1 Å². The van der Waals surface area contributed by atoms with Crippen LogP contribution in [-0.2, 0) is 6.54 Å². The van der Waals surface area contributed by atoms with Crippen molar-refractivity contribution < 1.29 is 4.74 Å². The maximum atomic E-state index is 5.93. The van der Waals surface area contributed by atoms with Gasteiger partial charge in [-0.15, -0.1) is 0 Å². The average Bonchev–Trinajstić information content (AvgIpc) is 3.22.